The zero-order chi connectivity index (χ0) is 14.0. The van der Waals surface area contributed by atoms with Crippen LogP contribution in [0.15, 0.2) is 30.3 Å². The van der Waals surface area contributed by atoms with Gasteiger partial charge in [-0.3, -0.25) is 5.32 Å². The van der Waals surface area contributed by atoms with Gasteiger partial charge < -0.3 is 4.74 Å². The number of unbranched alkanes of at least 4 members (excludes halogenated alkanes) is 2. The summed E-state index contributed by atoms with van der Waals surface area (Å²) < 4.78 is 5.59. The quantitative estimate of drug-likeness (QED) is 0.399. The summed E-state index contributed by atoms with van der Waals surface area (Å²) in [6, 6.07) is 10.7. The Morgan fingerprint density at radius 1 is 1.00 bits per heavy atom. The molecule has 1 N–H and O–H groups in total. The first-order valence-corrected chi connectivity index (χ1v) is 11.1. The topological polar surface area (TPSA) is 21.3 Å². The van der Waals surface area contributed by atoms with E-state index < -0.39 is 8.07 Å². The molecule has 108 valence electrons. The van der Waals surface area contributed by atoms with Gasteiger partial charge in [-0.05, 0) is 31.0 Å². The lowest BCUT2D eigenvalue weighted by molar-refractivity contribution is 0.116. The standard InChI is InChI=1S/C16H29NOSi/c1-19(2,3)15-17-14-18-13-9-5-8-12-16-10-6-4-7-11-16/h4,6-7,10-11,17H,5,8-9,12-15H2,1-3H3. The number of rotatable bonds is 10. The number of hydrogen-bond donors (Lipinski definition) is 1. The molecular formula is C16H29NOSi. The van der Waals surface area contributed by atoms with E-state index in [2.05, 4.69) is 55.3 Å². The molecule has 0 aliphatic carbocycles. The van der Waals surface area contributed by atoms with Gasteiger partial charge in [0.25, 0.3) is 0 Å². The molecular weight excluding hydrogens is 250 g/mol. The first-order chi connectivity index (χ1) is 9.08. The van der Waals surface area contributed by atoms with Crippen LogP contribution in [-0.4, -0.2) is 27.6 Å². The van der Waals surface area contributed by atoms with E-state index in [4.69, 9.17) is 4.74 Å². The van der Waals surface area contributed by atoms with Crippen LogP contribution in [0.1, 0.15) is 24.8 Å². The fraction of sp³-hybridized carbons (Fsp3) is 0.625. The molecule has 1 aromatic rings. The minimum Gasteiger partial charge on any atom is -0.366 e. The highest BCUT2D eigenvalue weighted by atomic mass is 28.3. The van der Waals surface area contributed by atoms with Crippen molar-refractivity contribution < 1.29 is 4.74 Å². The maximum Gasteiger partial charge on any atom is 0.0962 e. The van der Waals surface area contributed by atoms with Crippen LogP contribution < -0.4 is 5.32 Å². The van der Waals surface area contributed by atoms with Crippen LogP contribution in [0.25, 0.3) is 0 Å². The number of aryl methyl sites for hydroxylation is 1. The number of ether oxygens (including phenoxy) is 1. The summed E-state index contributed by atoms with van der Waals surface area (Å²) in [5, 5.41) is 3.38. The van der Waals surface area contributed by atoms with Crippen molar-refractivity contribution >= 4 is 8.07 Å². The largest absolute Gasteiger partial charge is 0.366 e. The van der Waals surface area contributed by atoms with Gasteiger partial charge in [0.2, 0.25) is 0 Å². The van der Waals surface area contributed by atoms with Gasteiger partial charge in [0.15, 0.2) is 0 Å². The Morgan fingerprint density at radius 3 is 2.42 bits per heavy atom. The molecule has 19 heavy (non-hydrogen) atoms. The van der Waals surface area contributed by atoms with Crippen LogP contribution in [0, 0.1) is 0 Å². The second-order valence-electron chi connectivity index (χ2n) is 6.34. The molecule has 1 rings (SSSR count). The van der Waals surface area contributed by atoms with Crippen molar-refractivity contribution in [1.82, 2.24) is 5.32 Å². The number of benzene rings is 1. The molecule has 3 heteroatoms. The fourth-order valence-electron chi connectivity index (χ4n) is 1.93. The molecule has 0 heterocycles. The summed E-state index contributed by atoms with van der Waals surface area (Å²) in [6.07, 6.45) is 6.01. The second-order valence-corrected chi connectivity index (χ2v) is 11.8. The third-order valence-electron chi connectivity index (χ3n) is 2.96. The molecule has 0 radical (unpaired) electrons. The zero-order valence-electron chi connectivity index (χ0n) is 12.7. The predicted octanol–water partition coefficient (Wildman–Crippen LogP) is 3.84. The summed E-state index contributed by atoms with van der Waals surface area (Å²) in [6.45, 7) is 8.69. The Hall–Kier alpha value is -0.643. The molecule has 0 aliphatic rings. The van der Waals surface area contributed by atoms with E-state index in [0.29, 0.717) is 6.73 Å². The normalized spacial score (nSPS) is 11.7. The van der Waals surface area contributed by atoms with Gasteiger partial charge in [-0.2, -0.15) is 0 Å². The smallest absolute Gasteiger partial charge is 0.0962 e. The lowest BCUT2D eigenvalue weighted by Crippen LogP contribution is -2.37. The molecule has 2 nitrogen and oxygen atoms in total. The summed E-state index contributed by atoms with van der Waals surface area (Å²) in [7, 11) is -0.967. The minimum absolute atomic E-state index is 0.711. The summed E-state index contributed by atoms with van der Waals surface area (Å²) in [4.78, 5) is 0. The van der Waals surface area contributed by atoms with Gasteiger partial charge in [0, 0.05) is 6.61 Å². The third-order valence-corrected chi connectivity index (χ3v) is 4.27. The van der Waals surface area contributed by atoms with E-state index in [0.717, 1.165) is 12.8 Å². The average molecular weight is 279 g/mol. The molecule has 0 aromatic heterocycles. The molecule has 0 bridgehead atoms. The van der Waals surface area contributed by atoms with Crippen molar-refractivity contribution in [3.63, 3.8) is 0 Å². The van der Waals surface area contributed by atoms with E-state index in [1.165, 1.54) is 31.2 Å². The third kappa shape index (κ3) is 9.88. The first kappa shape index (κ1) is 16.4. The fourth-order valence-corrected chi connectivity index (χ4v) is 2.78. The second kappa shape index (κ2) is 9.29. The Labute approximate surface area is 119 Å². The molecule has 0 aliphatic heterocycles. The van der Waals surface area contributed by atoms with Crippen LogP contribution in [0.3, 0.4) is 0 Å². The molecule has 0 amide bonds. The lowest BCUT2D eigenvalue weighted by Gasteiger charge is -2.16. The van der Waals surface area contributed by atoms with E-state index >= 15 is 0 Å². The van der Waals surface area contributed by atoms with Crippen LogP contribution in [-0.2, 0) is 11.2 Å². The Bertz CT molecular complexity index is 321. The monoisotopic (exact) mass is 279 g/mol. The van der Waals surface area contributed by atoms with Gasteiger partial charge >= 0.3 is 0 Å². The van der Waals surface area contributed by atoms with Gasteiger partial charge in [0.1, 0.15) is 0 Å². The van der Waals surface area contributed by atoms with Crippen molar-refractivity contribution in [2.45, 2.75) is 45.3 Å². The Kier molecular flexibility index (Phi) is 8.02. The molecule has 0 atom stereocenters. The van der Waals surface area contributed by atoms with Gasteiger partial charge in [0.05, 0.1) is 14.8 Å². The number of nitrogens with one attached hydrogen (secondary N) is 1. The minimum atomic E-state index is -0.967. The first-order valence-electron chi connectivity index (χ1n) is 7.40. The van der Waals surface area contributed by atoms with Crippen molar-refractivity contribution in [1.29, 1.82) is 0 Å². The van der Waals surface area contributed by atoms with E-state index in [9.17, 15) is 0 Å². The molecule has 0 spiro atoms. The molecule has 0 saturated heterocycles. The van der Waals surface area contributed by atoms with Crippen molar-refractivity contribution in [3.8, 4) is 0 Å². The van der Waals surface area contributed by atoms with Gasteiger partial charge in [-0.15, -0.1) is 0 Å². The lowest BCUT2D eigenvalue weighted by atomic mass is 10.1. The van der Waals surface area contributed by atoms with Crippen LogP contribution in [0.2, 0.25) is 19.6 Å². The highest BCUT2D eigenvalue weighted by molar-refractivity contribution is 6.76. The van der Waals surface area contributed by atoms with Crippen molar-refractivity contribution in [2.24, 2.45) is 0 Å². The zero-order valence-corrected chi connectivity index (χ0v) is 13.7. The SMILES string of the molecule is C[Si](C)(C)CNCOCCCCCc1ccccc1. The summed E-state index contributed by atoms with van der Waals surface area (Å²) in [5.41, 5.74) is 1.44. The average Bonchev–Trinajstić information content (AvgIpc) is 2.37. The highest BCUT2D eigenvalue weighted by Gasteiger charge is 2.11. The van der Waals surface area contributed by atoms with Crippen LogP contribution in [0.4, 0.5) is 0 Å². The van der Waals surface area contributed by atoms with E-state index in [-0.39, 0.29) is 0 Å². The number of hydrogen-bond acceptors (Lipinski definition) is 2. The molecule has 0 saturated carbocycles. The highest BCUT2D eigenvalue weighted by Crippen LogP contribution is 2.06. The van der Waals surface area contributed by atoms with Gasteiger partial charge in [-0.25, -0.2) is 0 Å². The molecule has 0 unspecified atom stereocenters. The van der Waals surface area contributed by atoms with Gasteiger partial charge in [-0.1, -0.05) is 56.4 Å². The maximum atomic E-state index is 5.59. The van der Waals surface area contributed by atoms with E-state index in [1.807, 2.05) is 0 Å². The predicted molar refractivity (Wildman–Crippen MR) is 86.2 cm³/mol. The van der Waals surface area contributed by atoms with Crippen LogP contribution >= 0.6 is 0 Å². The van der Waals surface area contributed by atoms with Crippen LogP contribution in [0.5, 0.6) is 0 Å². The molecule has 1 aromatic carbocycles. The molecule has 0 fully saturated rings. The van der Waals surface area contributed by atoms with Crippen molar-refractivity contribution in [2.75, 3.05) is 19.5 Å². The summed E-state index contributed by atoms with van der Waals surface area (Å²) in [5.74, 6) is 0. The Balaban J connectivity index is 1.87. The van der Waals surface area contributed by atoms with Crippen molar-refractivity contribution in [3.05, 3.63) is 35.9 Å². The van der Waals surface area contributed by atoms with E-state index in [1.54, 1.807) is 0 Å². The summed E-state index contributed by atoms with van der Waals surface area (Å²) >= 11 is 0. The Morgan fingerprint density at radius 2 is 1.74 bits per heavy atom. The maximum absolute atomic E-state index is 5.59.